The summed E-state index contributed by atoms with van der Waals surface area (Å²) in [6.45, 7) is 5.14. The number of aliphatic hydroxyl groups excluding tert-OH is 1. The molecule has 1 N–H and O–H groups in total. The van der Waals surface area contributed by atoms with Crippen molar-refractivity contribution in [2.24, 2.45) is 0 Å². The number of methoxy groups -OCH3 is 1. The van der Waals surface area contributed by atoms with Crippen LogP contribution in [0.3, 0.4) is 0 Å². The van der Waals surface area contributed by atoms with Crippen LogP contribution in [0.5, 0.6) is 5.75 Å². The third-order valence-corrected chi connectivity index (χ3v) is 5.41. The van der Waals surface area contributed by atoms with Gasteiger partial charge in [-0.1, -0.05) is 31.4 Å². The van der Waals surface area contributed by atoms with Crippen molar-refractivity contribution in [1.29, 1.82) is 0 Å². The van der Waals surface area contributed by atoms with Crippen molar-refractivity contribution in [3.8, 4) is 5.75 Å². The first kappa shape index (κ1) is 16.7. The van der Waals surface area contributed by atoms with Crippen molar-refractivity contribution in [1.82, 2.24) is 9.80 Å². The van der Waals surface area contributed by atoms with E-state index in [4.69, 9.17) is 4.74 Å². The van der Waals surface area contributed by atoms with Crippen LogP contribution in [-0.2, 0) is 0 Å². The molecule has 4 heteroatoms. The van der Waals surface area contributed by atoms with E-state index in [1.807, 2.05) is 24.3 Å². The van der Waals surface area contributed by atoms with Gasteiger partial charge in [-0.15, -0.1) is 0 Å². The molecular weight excluding hydrogens is 288 g/mol. The predicted molar refractivity (Wildman–Crippen MR) is 92.8 cm³/mol. The highest BCUT2D eigenvalue weighted by atomic mass is 16.5. The zero-order chi connectivity index (χ0) is 16.1. The molecule has 2 fully saturated rings. The van der Waals surface area contributed by atoms with Crippen molar-refractivity contribution in [3.63, 3.8) is 0 Å². The SMILES string of the molecule is COc1cccc(C(O)CN2CCN(C3CCCCC3)CC2)c1. The van der Waals surface area contributed by atoms with Crippen LogP contribution >= 0.6 is 0 Å². The normalized spacial score (nSPS) is 22.9. The Balaban J connectivity index is 1.47. The van der Waals surface area contributed by atoms with E-state index in [0.717, 1.165) is 43.5 Å². The molecule has 3 rings (SSSR count). The highest BCUT2D eigenvalue weighted by Crippen LogP contribution is 2.24. The minimum Gasteiger partial charge on any atom is -0.497 e. The lowest BCUT2D eigenvalue weighted by Crippen LogP contribution is -2.51. The van der Waals surface area contributed by atoms with E-state index in [2.05, 4.69) is 9.80 Å². The minimum atomic E-state index is -0.439. The molecule has 1 unspecified atom stereocenters. The van der Waals surface area contributed by atoms with Crippen molar-refractivity contribution in [3.05, 3.63) is 29.8 Å². The predicted octanol–water partition coefficient (Wildman–Crippen LogP) is 2.68. The number of hydrogen-bond acceptors (Lipinski definition) is 4. The third kappa shape index (κ3) is 4.46. The van der Waals surface area contributed by atoms with Crippen LogP contribution in [-0.4, -0.2) is 60.8 Å². The molecule has 1 heterocycles. The Kier molecular flexibility index (Phi) is 5.92. The molecule has 23 heavy (non-hydrogen) atoms. The maximum absolute atomic E-state index is 10.5. The number of nitrogens with zero attached hydrogens (tertiary/aromatic N) is 2. The van der Waals surface area contributed by atoms with Crippen LogP contribution in [0.4, 0.5) is 0 Å². The summed E-state index contributed by atoms with van der Waals surface area (Å²) >= 11 is 0. The van der Waals surface area contributed by atoms with E-state index in [9.17, 15) is 5.11 Å². The van der Waals surface area contributed by atoms with E-state index in [-0.39, 0.29) is 0 Å². The minimum absolute atomic E-state index is 0.439. The van der Waals surface area contributed by atoms with Gasteiger partial charge >= 0.3 is 0 Å². The lowest BCUT2D eigenvalue weighted by atomic mass is 9.94. The van der Waals surface area contributed by atoms with E-state index in [0.29, 0.717) is 6.54 Å². The molecule has 1 aromatic carbocycles. The topological polar surface area (TPSA) is 35.9 Å². The van der Waals surface area contributed by atoms with E-state index in [1.165, 1.54) is 32.1 Å². The quantitative estimate of drug-likeness (QED) is 0.905. The average molecular weight is 318 g/mol. The Morgan fingerprint density at radius 1 is 1.13 bits per heavy atom. The third-order valence-electron chi connectivity index (χ3n) is 5.41. The van der Waals surface area contributed by atoms with Crippen molar-refractivity contribution < 1.29 is 9.84 Å². The molecule has 0 amide bonds. The number of piperazine rings is 1. The first-order valence-electron chi connectivity index (χ1n) is 9.04. The number of β-amino-alcohol motifs (C(OH)–C–C–N with tert-alkyl or cyclic N) is 1. The Morgan fingerprint density at radius 2 is 1.87 bits per heavy atom. The monoisotopic (exact) mass is 318 g/mol. The summed E-state index contributed by atoms with van der Waals surface area (Å²) in [5, 5.41) is 10.5. The zero-order valence-corrected chi connectivity index (χ0v) is 14.3. The van der Waals surface area contributed by atoms with Gasteiger partial charge in [0.05, 0.1) is 13.2 Å². The molecular formula is C19H30N2O2. The largest absolute Gasteiger partial charge is 0.497 e. The van der Waals surface area contributed by atoms with Crippen LogP contribution in [0.15, 0.2) is 24.3 Å². The standard InChI is InChI=1S/C19H30N2O2/c1-23-18-9-5-6-16(14-18)19(22)15-20-10-12-21(13-11-20)17-7-3-2-4-8-17/h5-6,9,14,17,19,22H,2-4,7-8,10-13,15H2,1H3. The summed E-state index contributed by atoms with van der Waals surface area (Å²) in [5.41, 5.74) is 0.944. The first-order chi connectivity index (χ1) is 11.3. The van der Waals surface area contributed by atoms with Crippen molar-refractivity contribution in [2.75, 3.05) is 39.8 Å². The molecule has 0 aromatic heterocycles. The number of rotatable bonds is 5. The lowest BCUT2D eigenvalue weighted by molar-refractivity contribution is 0.0474. The molecule has 1 aliphatic heterocycles. The van der Waals surface area contributed by atoms with Crippen molar-refractivity contribution in [2.45, 2.75) is 44.2 Å². The average Bonchev–Trinajstić information content (AvgIpc) is 2.63. The summed E-state index contributed by atoms with van der Waals surface area (Å²) in [6, 6.07) is 8.58. The van der Waals surface area contributed by atoms with Gasteiger partial charge in [0.2, 0.25) is 0 Å². The second kappa shape index (κ2) is 8.13. The molecule has 128 valence electrons. The van der Waals surface area contributed by atoms with E-state index < -0.39 is 6.10 Å². The van der Waals surface area contributed by atoms with Crippen LogP contribution in [0.2, 0.25) is 0 Å². The van der Waals surface area contributed by atoms with Gasteiger partial charge in [-0.25, -0.2) is 0 Å². The van der Waals surface area contributed by atoms with Gasteiger partial charge in [0.1, 0.15) is 5.75 Å². The summed E-state index contributed by atoms with van der Waals surface area (Å²) in [5.74, 6) is 0.809. The van der Waals surface area contributed by atoms with Gasteiger partial charge in [0.15, 0.2) is 0 Å². The fourth-order valence-corrected chi connectivity index (χ4v) is 3.96. The number of hydrogen-bond donors (Lipinski definition) is 1. The smallest absolute Gasteiger partial charge is 0.119 e. The van der Waals surface area contributed by atoms with Gasteiger partial charge in [-0.3, -0.25) is 9.80 Å². The Morgan fingerprint density at radius 3 is 2.57 bits per heavy atom. The molecule has 1 saturated carbocycles. The molecule has 1 aromatic rings. The number of ether oxygens (including phenoxy) is 1. The molecule has 2 aliphatic rings. The molecule has 4 nitrogen and oxygen atoms in total. The highest BCUT2D eigenvalue weighted by Gasteiger charge is 2.26. The lowest BCUT2D eigenvalue weighted by Gasteiger charge is -2.41. The van der Waals surface area contributed by atoms with Crippen LogP contribution < -0.4 is 4.74 Å². The summed E-state index contributed by atoms with van der Waals surface area (Å²) in [4.78, 5) is 5.07. The Bertz CT molecular complexity index is 480. The summed E-state index contributed by atoms with van der Waals surface area (Å²) in [7, 11) is 1.66. The molecule has 1 aliphatic carbocycles. The fourth-order valence-electron chi connectivity index (χ4n) is 3.96. The van der Waals surface area contributed by atoms with Crippen molar-refractivity contribution >= 4 is 0 Å². The molecule has 1 saturated heterocycles. The number of aliphatic hydroxyl groups is 1. The Labute approximate surface area is 140 Å². The fraction of sp³-hybridized carbons (Fsp3) is 0.684. The van der Waals surface area contributed by atoms with Crippen LogP contribution in [0.25, 0.3) is 0 Å². The molecule has 0 radical (unpaired) electrons. The maximum Gasteiger partial charge on any atom is 0.119 e. The van der Waals surface area contributed by atoms with Gasteiger partial charge in [0, 0.05) is 38.8 Å². The summed E-state index contributed by atoms with van der Waals surface area (Å²) in [6.07, 6.45) is 6.55. The second-order valence-corrected chi connectivity index (χ2v) is 6.92. The highest BCUT2D eigenvalue weighted by molar-refractivity contribution is 5.29. The van der Waals surface area contributed by atoms with E-state index >= 15 is 0 Å². The number of benzene rings is 1. The van der Waals surface area contributed by atoms with Gasteiger partial charge in [-0.2, -0.15) is 0 Å². The zero-order valence-electron chi connectivity index (χ0n) is 14.3. The molecule has 1 atom stereocenters. The summed E-state index contributed by atoms with van der Waals surface area (Å²) < 4.78 is 5.24. The van der Waals surface area contributed by atoms with Gasteiger partial charge < -0.3 is 9.84 Å². The molecule has 0 spiro atoms. The second-order valence-electron chi connectivity index (χ2n) is 6.92. The van der Waals surface area contributed by atoms with E-state index in [1.54, 1.807) is 7.11 Å². The Hall–Kier alpha value is -1.10. The van der Waals surface area contributed by atoms with Gasteiger partial charge in [-0.05, 0) is 30.5 Å². The van der Waals surface area contributed by atoms with Crippen LogP contribution in [0.1, 0.15) is 43.8 Å². The maximum atomic E-state index is 10.5. The van der Waals surface area contributed by atoms with Crippen LogP contribution in [0, 0.1) is 0 Å². The molecule has 0 bridgehead atoms. The first-order valence-corrected chi connectivity index (χ1v) is 9.04. The van der Waals surface area contributed by atoms with Gasteiger partial charge in [0.25, 0.3) is 0 Å².